The average molecular weight is 157 g/mol. The van der Waals surface area contributed by atoms with Crippen LogP contribution in [0.5, 0.6) is 0 Å². The molecule has 0 aromatic heterocycles. The standard InChI is InChI=1S/C9H19NO/c1-5-10(6-2)7-9(3)8-11-4/h8H,5-7H2,1-4H3/b9-8+. The molecule has 0 aromatic carbocycles. The van der Waals surface area contributed by atoms with Gasteiger partial charge in [0.25, 0.3) is 0 Å². The molecule has 0 saturated heterocycles. The Kier molecular flexibility index (Phi) is 5.94. The molecule has 0 heterocycles. The van der Waals surface area contributed by atoms with Crippen molar-refractivity contribution in [2.75, 3.05) is 26.7 Å². The zero-order chi connectivity index (χ0) is 8.69. The van der Waals surface area contributed by atoms with Crippen LogP contribution in [0.1, 0.15) is 20.8 Å². The first-order chi connectivity index (χ1) is 5.24. The summed E-state index contributed by atoms with van der Waals surface area (Å²) < 4.78 is 4.90. The fourth-order valence-corrected chi connectivity index (χ4v) is 1.04. The zero-order valence-corrected chi connectivity index (χ0v) is 8.05. The van der Waals surface area contributed by atoms with Crippen molar-refractivity contribution in [2.45, 2.75) is 20.8 Å². The van der Waals surface area contributed by atoms with Crippen LogP contribution < -0.4 is 0 Å². The van der Waals surface area contributed by atoms with Gasteiger partial charge >= 0.3 is 0 Å². The summed E-state index contributed by atoms with van der Waals surface area (Å²) in [6.45, 7) is 9.65. The van der Waals surface area contributed by atoms with Crippen LogP contribution in [-0.2, 0) is 4.74 Å². The lowest BCUT2D eigenvalue weighted by atomic mass is 10.3. The second-order valence-electron chi connectivity index (χ2n) is 2.66. The summed E-state index contributed by atoms with van der Waals surface area (Å²) in [5.74, 6) is 0. The first-order valence-corrected chi connectivity index (χ1v) is 4.15. The van der Waals surface area contributed by atoms with Gasteiger partial charge in [-0.3, -0.25) is 4.90 Å². The van der Waals surface area contributed by atoms with E-state index in [9.17, 15) is 0 Å². The van der Waals surface area contributed by atoms with Crippen molar-refractivity contribution in [2.24, 2.45) is 0 Å². The van der Waals surface area contributed by atoms with Crippen molar-refractivity contribution in [1.82, 2.24) is 4.90 Å². The Labute approximate surface area is 69.8 Å². The molecule has 2 nitrogen and oxygen atoms in total. The van der Waals surface area contributed by atoms with Crippen molar-refractivity contribution in [3.05, 3.63) is 11.8 Å². The van der Waals surface area contributed by atoms with Gasteiger partial charge in [0.2, 0.25) is 0 Å². The third kappa shape index (κ3) is 4.85. The maximum Gasteiger partial charge on any atom is 0.0826 e. The minimum absolute atomic E-state index is 1.01. The van der Waals surface area contributed by atoms with Crippen molar-refractivity contribution in [3.8, 4) is 0 Å². The molecule has 0 amide bonds. The van der Waals surface area contributed by atoms with Crippen molar-refractivity contribution in [1.29, 1.82) is 0 Å². The van der Waals surface area contributed by atoms with Crippen LogP contribution in [0, 0.1) is 0 Å². The SMILES string of the molecule is CCN(CC)C/C(C)=C/OC. The molecule has 0 N–H and O–H groups in total. The highest BCUT2D eigenvalue weighted by molar-refractivity contribution is 4.95. The van der Waals surface area contributed by atoms with E-state index in [2.05, 4.69) is 25.7 Å². The van der Waals surface area contributed by atoms with E-state index >= 15 is 0 Å². The monoisotopic (exact) mass is 157 g/mol. The van der Waals surface area contributed by atoms with Crippen LogP contribution in [0.15, 0.2) is 11.8 Å². The molecule has 0 radical (unpaired) electrons. The van der Waals surface area contributed by atoms with E-state index in [1.807, 2.05) is 0 Å². The van der Waals surface area contributed by atoms with E-state index in [0.29, 0.717) is 0 Å². The first kappa shape index (κ1) is 10.5. The number of rotatable bonds is 5. The Morgan fingerprint density at radius 3 is 2.27 bits per heavy atom. The molecule has 0 aromatic rings. The molecule has 0 bridgehead atoms. The predicted molar refractivity (Wildman–Crippen MR) is 48.6 cm³/mol. The number of likely N-dealkylation sites (N-methyl/N-ethyl adjacent to an activating group) is 1. The van der Waals surface area contributed by atoms with Gasteiger partial charge in [0.1, 0.15) is 0 Å². The van der Waals surface area contributed by atoms with E-state index in [4.69, 9.17) is 4.74 Å². The Morgan fingerprint density at radius 1 is 1.36 bits per heavy atom. The zero-order valence-electron chi connectivity index (χ0n) is 8.05. The van der Waals surface area contributed by atoms with Gasteiger partial charge < -0.3 is 4.74 Å². The summed E-state index contributed by atoms with van der Waals surface area (Å²) in [6, 6.07) is 0. The summed E-state index contributed by atoms with van der Waals surface area (Å²) >= 11 is 0. The lowest BCUT2D eigenvalue weighted by Crippen LogP contribution is -2.24. The fourth-order valence-electron chi connectivity index (χ4n) is 1.04. The lowest BCUT2D eigenvalue weighted by Gasteiger charge is -2.17. The van der Waals surface area contributed by atoms with Crippen LogP contribution in [0.2, 0.25) is 0 Å². The summed E-state index contributed by atoms with van der Waals surface area (Å²) in [4.78, 5) is 2.35. The quantitative estimate of drug-likeness (QED) is 0.565. The molecule has 11 heavy (non-hydrogen) atoms. The number of hydrogen-bond donors (Lipinski definition) is 0. The second-order valence-corrected chi connectivity index (χ2v) is 2.66. The van der Waals surface area contributed by atoms with Gasteiger partial charge in [-0.05, 0) is 25.6 Å². The van der Waals surface area contributed by atoms with Crippen molar-refractivity contribution >= 4 is 0 Å². The molecule has 0 fully saturated rings. The molecule has 0 aliphatic heterocycles. The molecule has 0 aliphatic rings. The predicted octanol–water partition coefficient (Wildman–Crippen LogP) is 1.88. The fraction of sp³-hybridized carbons (Fsp3) is 0.778. The highest BCUT2D eigenvalue weighted by Crippen LogP contribution is 1.97. The van der Waals surface area contributed by atoms with E-state index in [-0.39, 0.29) is 0 Å². The highest BCUT2D eigenvalue weighted by Gasteiger charge is 1.98. The number of hydrogen-bond acceptors (Lipinski definition) is 2. The van der Waals surface area contributed by atoms with Crippen LogP contribution in [-0.4, -0.2) is 31.6 Å². The largest absolute Gasteiger partial charge is 0.504 e. The molecule has 0 rings (SSSR count). The minimum atomic E-state index is 1.01. The van der Waals surface area contributed by atoms with Crippen LogP contribution in [0.25, 0.3) is 0 Å². The van der Waals surface area contributed by atoms with Gasteiger partial charge in [-0.15, -0.1) is 0 Å². The molecular weight excluding hydrogens is 138 g/mol. The molecule has 2 heteroatoms. The molecule has 0 unspecified atom stereocenters. The Morgan fingerprint density at radius 2 is 1.91 bits per heavy atom. The van der Waals surface area contributed by atoms with E-state index in [1.54, 1.807) is 13.4 Å². The summed E-state index contributed by atoms with van der Waals surface area (Å²) in [5, 5.41) is 0. The third-order valence-electron chi connectivity index (χ3n) is 1.69. The van der Waals surface area contributed by atoms with Gasteiger partial charge in [-0.1, -0.05) is 13.8 Å². The first-order valence-electron chi connectivity index (χ1n) is 4.15. The van der Waals surface area contributed by atoms with Gasteiger partial charge in [0.15, 0.2) is 0 Å². The van der Waals surface area contributed by atoms with E-state index in [0.717, 1.165) is 19.6 Å². The normalized spacial score (nSPS) is 12.3. The maximum absolute atomic E-state index is 4.90. The molecule has 0 atom stereocenters. The molecule has 0 saturated carbocycles. The Hall–Kier alpha value is -0.500. The summed E-state index contributed by atoms with van der Waals surface area (Å²) in [5.41, 5.74) is 1.27. The topological polar surface area (TPSA) is 12.5 Å². The smallest absolute Gasteiger partial charge is 0.0826 e. The Balaban J connectivity index is 3.71. The van der Waals surface area contributed by atoms with Crippen molar-refractivity contribution < 1.29 is 4.74 Å². The minimum Gasteiger partial charge on any atom is -0.504 e. The Bertz CT molecular complexity index is 117. The van der Waals surface area contributed by atoms with E-state index < -0.39 is 0 Å². The van der Waals surface area contributed by atoms with Gasteiger partial charge in [-0.25, -0.2) is 0 Å². The average Bonchev–Trinajstić information content (AvgIpc) is 2.01. The summed E-state index contributed by atoms with van der Waals surface area (Å²) in [6.07, 6.45) is 1.80. The number of methoxy groups -OCH3 is 1. The molecule has 66 valence electrons. The second kappa shape index (κ2) is 6.23. The number of nitrogens with zero attached hydrogens (tertiary/aromatic N) is 1. The highest BCUT2D eigenvalue weighted by atomic mass is 16.5. The van der Waals surface area contributed by atoms with Gasteiger partial charge in [0.05, 0.1) is 13.4 Å². The van der Waals surface area contributed by atoms with E-state index in [1.165, 1.54) is 5.57 Å². The molecule has 0 aliphatic carbocycles. The van der Waals surface area contributed by atoms with Crippen LogP contribution >= 0.6 is 0 Å². The lowest BCUT2D eigenvalue weighted by molar-refractivity contribution is 0.306. The molecular formula is C9H19NO. The van der Waals surface area contributed by atoms with Gasteiger partial charge in [0, 0.05) is 6.54 Å². The third-order valence-corrected chi connectivity index (χ3v) is 1.69. The van der Waals surface area contributed by atoms with Gasteiger partial charge in [-0.2, -0.15) is 0 Å². The van der Waals surface area contributed by atoms with Crippen molar-refractivity contribution in [3.63, 3.8) is 0 Å². The van der Waals surface area contributed by atoms with Crippen LogP contribution in [0.3, 0.4) is 0 Å². The summed E-state index contributed by atoms with van der Waals surface area (Å²) in [7, 11) is 1.69. The van der Waals surface area contributed by atoms with Crippen LogP contribution in [0.4, 0.5) is 0 Å². The number of ether oxygens (including phenoxy) is 1. The molecule has 0 spiro atoms. The maximum atomic E-state index is 4.90.